The lowest BCUT2D eigenvalue weighted by Gasteiger charge is -2.06. The summed E-state index contributed by atoms with van der Waals surface area (Å²) in [5, 5.41) is 1.03. The van der Waals surface area contributed by atoms with E-state index < -0.39 is 5.97 Å². The van der Waals surface area contributed by atoms with Crippen molar-refractivity contribution in [3.8, 4) is 0 Å². The number of hydrogen-bond donors (Lipinski definition) is 0. The van der Waals surface area contributed by atoms with E-state index in [4.69, 9.17) is 13.9 Å². The Morgan fingerprint density at radius 1 is 1.00 bits per heavy atom. The van der Waals surface area contributed by atoms with Gasteiger partial charge in [-0.2, -0.15) is 0 Å². The SMILES string of the molecule is COC(=O)c1ccc(Cn2cc(C=Nc3cccc(C(=O)OC)c3C)c3ccccc32)o1. The van der Waals surface area contributed by atoms with Crippen LogP contribution in [0.2, 0.25) is 0 Å². The summed E-state index contributed by atoms with van der Waals surface area (Å²) in [6, 6.07) is 16.7. The van der Waals surface area contributed by atoms with Crippen LogP contribution in [-0.2, 0) is 16.0 Å². The highest BCUT2D eigenvalue weighted by Crippen LogP contribution is 2.25. The summed E-state index contributed by atoms with van der Waals surface area (Å²) in [7, 11) is 2.68. The first kappa shape index (κ1) is 21.1. The van der Waals surface area contributed by atoms with Gasteiger partial charge in [0.05, 0.1) is 32.0 Å². The number of rotatable bonds is 6. The lowest BCUT2D eigenvalue weighted by Crippen LogP contribution is -2.03. The predicted molar refractivity (Wildman–Crippen MR) is 121 cm³/mol. The van der Waals surface area contributed by atoms with Gasteiger partial charge in [-0.15, -0.1) is 0 Å². The Balaban J connectivity index is 1.67. The molecule has 0 unspecified atom stereocenters. The molecule has 2 aromatic carbocycles. The van der Waals surface area contributed by atoms with Gasteiger partial charge in [0, 0.05) is 28.9 Å². The van der Waals surface area contributed by atoms with Crippen LogP contribution in [0, 0.1) is 6.92 Å². The summed E-state index contributed by atoms with van der Waals surface area (Å²) < 4.78 is 17.2. The van der Waals surface area contributed by atoms with Gasteiger partial charge in [-0.1, -0.05) is 24.3 Å². The summed E-state index contributed by atoms with van der Waals surface area (Å²) in [5.74, 6) is -0.0927. The number of hydrogen-bond acceptors (Lipinski definition) is 6. The number of furan rings is 1. The highest BCUT2D eigenvalue weighted by molar-refractivity contribution is 6.00. The topological polar surface area (TPSA) is 83.0 Å². The number of carbonyl (C=O) groups is 2. The molecule has 0 aliphatic rings. The van der Waals surface area contributed by atoms with Crippen molar-refractivity contribution < 1.29 is 23.5 Å². The summed E-state index contributed by atoms with van der Waals surface area (Å²) in [6.45, 7) is 2.29. The van der Waals surface area contributed by atoms with Crippen molar-refractivity contribution in [3.05, 3.63) is 89.0 Å². The number of ether oxygens (including phenoxy) is 2. The van der Waals surface area contributed by atoms with Crippen LogP contribution in [0.15, 0.2) is 70.2 Å². The molecule has 0 radical (unpaired) electrons. The highest BCUT2D eigenvalue weighted by Gasteiger charge is 2.14. The van der Waals surface area contributed by atoms with Crippen LogP contribution in [-0.4, -0.2) is 36.9 Å². The lowest BCUT2D eigenvalue weighted by molar-refractivity contribution is 0.0561. The molecule has 7 heteroatoms. The molecule has 0 saturated carbocycles. The molecule has 2 heterocycles. The van der Waals surface area contributed by atoms with Crippen LogP contribution in [0.25, 0.3) is 10.9 Å². The van der Waals surface area contributed by atoms with Crippen molar-refractivity contribution in [1.29, 1.82) is 0 Å². The smallest absolute Gasteiger partial charge is 0.373 e. The number of aromatic nitrogens is 1. The maximum atomic E-state index is 12.0. The van der Waals surface area contributed by atoms with Gasteiger partial charge in [0.15, 0.2) is 0 Å². The number of carbonyl (C=O) groups excluding carboxylic acids is 2. The largest absolute Gasteiger partial charge is 0.465 e. The number of aliphatic imine (C=N–C) groups is 1. The van der Waals surface area contributed by atoms with Gasteiger partial charge < -0.3 is 18.5 Å². The molecular formula is C25H22N2O5. The molecule has 4 rings (SSSR count). The number of esters is 2. The second kappa shape index (κ2) is 8.93. The third-order valence-corrected chi connectivity index (χ3v) is 5.25. The maximum Gasteiger partial charge on any atom is 0.373 e. The summed E-state index contributed by atoms with van der Waals surface area (Å²) in [6.07, 6.45) is 3.76. The van der Waals surface area contributed by atoms with Gasteiger partial charge in [-0.25, -0.2) is 9.59 Å². The molecule has 0 fully saturated rings. The van der Waals surface area contributed by atoms with E-state index >= 15 is 0 Å². The number of nitrogens with zero attached hydrogens (tertiary/aromatic N) is 2. The molecule has 0 atom stereocenters. The monoisotopic (exact) mass is 430 g/mol. The van der Waals surface area contributed by atoms with Crippen LogP contribution in [0.4, 0.5) is 5.69 Å². The zero-order chi connectivity index (χ0) is 22.7. The molecule has 0 bridgehead atoms. The van der Waals surface area contributed by atoms with Gasteiger partial charge in [0.1, 0.15) is 5.76 Å². The van der Waals surface area contributed by atoms with E-state index in [1.165, 1.54) is 14.2 Å². The number of methoxy groups -OCH3 is 2. The van der Waals surface area contributed by atoms with Crippen LogP contribution in [0.5, 0.6) is 0 Å². The van der Waals surface area contributed by atoms with Crippen LogP contribution in [0.3, 0.4) is 0 Å². The number of fused-ring (bicyclic) bond motifs is 1. The Hall–Kier alpha value is -4.13. The molecule has 0 spiro atoms. The second-order valence-electron chi connectivity index (χ2n) is 7.19. The first-order chi connectivity index (χ1) is 15.5. The standard InChI is InChI=1S/C25H22N2O5/c1-16-19(24(28)30-2)8-6-9-21(16)26-13-17-14-27(22-10-5-4-7-20(17)22)15-18-11-12-23(32-18)25(29)31-3/h4-14H,15H2,1-3H3. The molecule has 0 aliphatic carbocycles. The van der Waals surface area contributed by atoms with Crippen molar-refractivity contribution in [1.82, 2.24) is 4.57 Å². The molecule has 0 saturated heterocycles. The van der Waals surface area contributed by atoms with Gasteiger partial charge in [-0.3, -0.25) is 4.99 Å². The van der Waals surface area contributed by atoms with E-state index in [2.05, 4.69) is 4.99 Å². The zero-order valence-corrected chi connectivity index (χ0v) is 18.0. The molecule has 0 aliphatic heterocycles. The Morgan fingerprint density at radius 3 is 2.56 bits per heavy atom. The molecule has 162 valence electrons. The Labute approximate surface area is 184 Å². The van der Waals surface area contributed by atoms with E-state index in [1.54, 1.807) is 30.5 Å². The molecule has 0 amide bonds. The third kappa shape index (κ3) is 4.05. The molecule has 7 nitrogen and oxygen atoms in total. The molecular weight excluding hydrogens is 408 g/mol. The normalized spacial score (nSPS) is 11.2. The van der Waals surface area contributed by atoms with Crippen molar-refractivity contribution in [2.75, 3.05) is 14.2 Å². The van der Waals surface area contributed by atoms with Crippen molar-refractivity contribution in [2.24, 2.45) is 4.99 Å². The van der Waals surface area contributed by atoms with Gasteiger partial charge in [-0.05, 0) is 42.8 Å². The van der Waals surface area contributed by atoms with Crippen molar-refractivity contribution in [2.45, 2.75) is 13.5 Å². The average Bonchev–Trinajstić information content (AvgIpc) is 3.43. The summed E-state index contributed by atoms with van der Waals surface area (Å²) in [4.78, 5) is 28.3. The first-order valence-electron chi connectivity index (χ1n) is 9.98. The quantitative estimate of drug-likeness (QED) is 0.320. The second-order valence-corrected chi connectivity index (χ2v) is 7.19. The van der Waals surface area contributed by atoms with Crippen LogP contribution >= 0.6 is 0 Å². The minimum atomic E-state index is -0.508. The van der Waals surface area contributed by atoms with E-state index in [0.717, 1.165) is 22.0 Å². The predicted octanol–water partition coefficient (Wildman–Crippen LogP) is 4.91. The zero-order valence-electron chi connectivity index (χ0n) is 18.0. The van der Waals surface area contributed by atoms with E-state index in [1.807, 2.05) is 48.0 Å². The average molecular weight is 430 g/mol. The van der Waals surface area contributed by atoms with Gasteiger partial charge in [0.2, 0.25) is 5.76 Å². The third-order valence-electron chi connectivity index (χ3n) is 5.25. The molecule has 32 heavy (non-hydrogen) atoms. The Kier molecular flexibility index (Phi) is 5.89. The van der Waals surface area contributed by atoms with E-state index in [0.29, 0.717) is 23.6 Å². The van der Waals surface area contributed by atoms with Crippen LogP contribution in [0.1, 0.15) is 37.8 Å². The Morgan fingerprint density at radius 2 is 1.78 bits per heavy atom. The van der Waals surface area contributed by atoms with Crippen molar-refractivity contribution >= 4 is 34.7 Å². The molecule has 0 N–H and O–H groups in total. The lowest BCUT2D eigenvalue weighted by atomic mass is 10.1. The molecule has 4 aromatic rings. The fraction of sp³-hybridized carbons (Fsp3) is 0.160. The minimum absolute atomic E-state index is 0.168. The Bertz CT molecular complexity index is 1330. The van der Waals surface area contributed by atoms with E-state index in [-0.39, 0.29) is 11.7 Å². The van der Waals surface area contributed by atoms with Crippen molar-refractivity contribution in [3.63, 3.8) is 0 Å². The molecule has 2 aromatic heterocycles. The summed E-state index contributed by atoms with van der Waals surface area (Å²) in [5.41, 5.74) is 3.86. The number of para-hydroxylation sites is 1. The fourth-order valence-electron chi connectivity index (χ4n) is 3.58. The van der Waals surface area contributed by atoms with Crippen LogP contribution < -0.4 is 0 Å². The first-order valence-corrected chi connectivity index (χ1v) is 9.98. The van der Waals surface area contributed by atoms with Gasteiger partial charge >= 0.3 is 11.9 Å². The summed E-state index contributed by atoms with van der Waals surface area (Å²) >= 11 is 0. The fourth-order valence-corrected chi connectivity index (χ4v) is 3.58. The highest BCUT2D eigenvalue weighted by atomic mass is 16.5. The van der Waals surface area contributed by atoms with E-state index in [9.17, 15) is 9.59 Å². The number of benzene rings is 2. The maximum absolute atomic E-state index is 12.0. The minimum Gasteiger partial charge on any atom is -0.465 e. The van der Waals surface area contributed by atoms with Gasteiger partial charge in [0.25, 0.3) is 0 Å².